The van der Waals surface area contributed by atoms with Gasteiger partial charge in [0.1, 0.15) is 0 Å². The molecule has 0 amide bonds. The molecule has 17 heavy (non-hydrogen) atoms. The number of carbonyl (C=O) groups is 1. The summed E-state index contributed by atoms with van der Waals surface area (Å²) in [6.07, 6.45) is 3.37. The van der Waals surface area contributed by atoms with Crippen LogP contribution in [0.3, 0.4) is 0 Å². The highest BCUT2D eigenvalue weighted by molar-refractivity contribution is 6.31. The molecular weight excluding hydrogens is 234 g/mol. The van der Waals surface area contributed by atoms with Gasteiger partial charge in [0.25, 0.3) is 0 Å². The predicted octanol–water partition coefficient (Wildman–Crippen LogP) is 3.06. The first-order valence-corrected chi connectivity index (χ1v) is 5.90. The fraction of sp³-hybridized carbons (Fsp3) is 0.143. The van der Waals surface area contributed by atoms with Crippen molar-refractivity contribution in [3.05, 3.63) is 63.9 Å². The summed E-state index contributed by atoms with van der Waals surface area (Å²) < 4.78 is 0. The molecule has 1 aliphatic carbocycles. The Morgan fingerprint density at radius 3 is 2.88 bits per heavy atom. The van der Waals surface area contributed by atoms with Crippen molar-refractivity contribution in [2.24, 2.45) is 0 Å². The molecule has 0 aliphatic heterocycles. The fourth-order valence-corrected chi connectivity index (χ4v) is 2.39. The van der Waals surface area contributed by atoms with Crippen LogP contribution < -0.4 is 0 Å². The van der Waals surface area contributed by atoms with Gasteiger partial charge < -0.3 is 0 Å². The van der Waals surface area contributed by atoms with Crippen LogP contribution in [0.15, 0.2) is 36.5 Å². The lowest BCUT2D eigenvalue weighted by Crippen LogP contribution is -2.04. The van der Waals surface area contributed by atoms with E-state index in [1.807, 2.05) is 18.2 Å². The van der Waals surface area contributed by atoms with Crippen LogP contribution in [0, 0.1) is 0 Å². The Hall–Kier alpha value is -1.67. The molecule has 2 aromatic rings. The molecule has 0 radical (unpaired) electrons. The summed E-state index contributed by atoms with van der Waals surface area (Å²) in [7, 11) is 0. The minimum absolute atomic E-state index is 0.0306. The Kier molecular flexibility index (Phi) is 2.45. The van der Waals surface area contributed by atoms with E-state index in [0.29, 0.717) is 16.1 Å². The number of aryl methyl sites for hydroxylation is 2. The first-order chi connectivity index (χ1) is 8.25. The molecule has 1 aromatic heterocycles. The van der Waals surface area contributed by atoms with Crippen LogP contribution in [-0.2, 0) is 12.8 Å². The third-order valence-electron chi connectivity index (χ3n) is 3.08. The number of carbonyl (C=O) groups excluding carboxylic acids is 1. The van der Waals surface area contributed by atoms with Gasteiger partial charge in [0.2, 0.25) is 0 Å². The van der Waals surface area contributed by atoms with Crippen molar-refractivity contribution < 1.29 is 4.79 Å². The number of rotatable bonds is 0. The molecule has 0 N–H and O–H groups in total. The number of pyridine rings is 1. The largest absolute Gasteiger partial charge is 0.289 e. The predicted molar refractivity (Wildman–Crippen MR) is 66.5 cm³/mol. The fourth-order valence-electron chi connectivity index (χ4n) is 2.22. The van der Waals surface area contributed by atoms with Gasteiger partial charge in [-0.3, -0.25) is 9.78 Å². The maximum atomic E-state index is 12.4. The second kappa shape index (κ2) is 3.97. The van der Waals surface area contributed by atoms with E-state index < -0.39 is 0 Å². The van der Waals surface area contributed by atoms with Crippen LogP contribution in [0.1, 0.15) is 27.2 Å². The van der Waals surface area contributed by atoms with Crippen molar-refractivity contribution in [3.8, 4) is 0 Å². The first-order valence-electron chi connectivity index (χ1n) is 5.53. The normalized spacial score (nSPS) is 13.8. The molecule has 1 aliphatic rings. The van der Waals surface area contributed by atoms with E-state index in [2.05, 4.69) is 4.98 Å². The van der Waals surface area contributed by atoms with Gasteiger partial charge in [-0.05, 0) is 42.7 Å². The van der Waals surface area contributed by atoms with E-state index >= 15 is 0 Å². The standard InChI is InChI=1S/C14H10ClNO/c15-10-5-3-9-4-6-13-11(2-1-7-16-13)14(17)12(9)8-10/h1-3,5,7-8H,4,6H2. The zero-order chi connectivity index (χ0) is 11.8. The van der Waals surface area contributed by atoms with Crippen LogP contribution in [0.5, 0.6) is 0 Å². The highest BCUT2D eigenvalue weighted by Gasteiger charge is 2.21. The van der Waals surface area contributed by atoms with Crippen LogP contribution in [-0.4, -0.2) is 10.8 Å². The molecule has 84 valence electrons. The summed E-state index contributed by atoms with van der Waals surface area (Å²) >= 11 is 5.95. The van der Waals surface area contributed by atoms with Gasteiger partial charge >= 0.3 is 0 Å². The Bertz CT molecular complexity index is 607. The van der Waals surface area contributed by atoms with Gasteiger partial charge in [0.05, 0.1) is 5.69 Å². The van der Waals surface area contributed by atoms with Gasteiger partial charge in [0, 0.05) is 22.3 Å². The van der Waals surface area contributed by atoms with Gasteiger partial charge in [-0.1, -0.05) is 17.7 Å². The number of hydrogen-bond acceptors (Lipinski definition) is 2. The van der Waals surface area contributed by atoms with Crippen molar-refractivity contribution in [2.75, 3.05) is 0 Å². The number of ketones is 1. The molecule has 0 spiro atoms. The molecular formula is C14H10ClNO. The maximum absolute atomic E-state index is 12.4. The monoisotopic (exact) mass is 243 g/mol. The number of hydrogen-bond donors (Lipinski definition) is 0. The second-order valence-corrected chi connectivity index (χ2v) is 4.56. The third kappa shape index (κ3) is 1.75. The first kappa shape index (κ1) is 10.5. The topological polar surface area (TPSA) is 30.0 Å². The molecule has 0 atom stereocenters. The molecule has 3 rings (SSSR count). The van der Waals surface area contributed by atoms with E-state index in [1.165, 1.54) is 0 Å². The zero-order valence-corrected chi connectivity index (χ0v) is 9.87. The average Bonchev–Trinajstić information content (AvgIpc) is 2.49. The lowest BCUT2D eigenvalue weighted by atomic mass is 10.0. The van der Waals surface area contributed by atoms with E-state index in [-0.39, 0.29) is 5.78 Å². The Morgan fingerprint density at radius 2 is 2.00 bits per heavy atom. The van der Waals surface area contributed by atoms with E-state index in [4.69, 9.17) is 11.6 Å². The molecule has 0 saturated carbocycles. The zero-order valence-electron chi connectivity index (χ0n) is 9.11. The van der Waals surface area contributed by atoms with Crippen LogP contribution in [0.4, 0.5) is 0 Å². The SMILES string of the molecule is O=C1c2cc(Cl)ccc2CCc2ncccc21. The van der Waals surface area contributed by atoms with E-state index in [9.17, 15) is 4.79 Å². The molecule has 1 heterocycles. The Balaban J connectivity index is 2.22. The molecule has 0 fully saturated rings. The van der Waals surface area contributed by atoms with E-state index in [0.717, 1.165) is 24.1 Å². The lowest BCUT2D eigenvalue weighted by molar-refractivity contribution is 0.103. The Labute approximate surface area is 104 Å². The molecule has 0 unspecified atom stereocenters. The van der Waals surface area contributed by atoms with Gasteiger partial charge in [-0.15, -0.1) is 0 Å². The molecule has 3 heteroatoms. The Morgan fingerprint density at radius 1 is 1.12 bits per heavy atom. The molecule has 1 aromatic carbocycles. The van der Waals surface area contributed by atoms with Crippen LogP contribution in [0.2, 0.25) is 5.02 Å². The van der Waals surface area contributed by atoms with Gasteiger partial charge in [-0.2, -0.15) is 0 Å². The highest BCUT2D eigenvalue weighted by Crippen LogP contribution is 2.25. The molecule has 0 bridgehead atoms. The number of halogens is 1. The lowest BCUT2D eigenvalue weighted by Gasteiger charge is -2.04. The summed E-state index contributed by atoms with van der Waals surface area (Å²) in [6.45, 7) is 0. The molecule has 2 nitrogen and oxygen atoms in total. The van der Waals surface area contributed by atoms with Crippen molar-refractivity contribution >= 4 is 17.4 Å². The quantitative estimate of drug-likeness (QED) is 0.712. The second-order valence-electron chi connectivity index (χ2n) is 4.13. The number of benzene rings is 1. The molecule has 0 saturated heterocycles. The van der Waals surface area contributed by atoms with Crippen molar-refractivity contribution in [2.45, 2.75) is 12.8 Å². The third-order valence-corrected chi connectivity index (χ3v) is 3.32. The van der Waals surface area contributed by atoms with Crippen molar-refractivity contribution in [3.63, 3.8) is 0 Å². The highest BCUT2D eigenvalue weighted by atomic mass is 35.5. The average molecular weight is 244 g/mol. The summed E-state index contributed by atoms with van der Waals surface area (Å²) in [5.41, 5.74) is 3.35. The summed E-state index contributed by atoms with van der Waals surface area (Å²) in [6, 6.07) is 9.15. The van der Waals surface area contributed by atoms with Crippen LogP contribution >= 0.6 is 11.6 Å². The van der Waals surface area contributed by atoms with Crippen molar-refractivity contribution in [1.29, 1.82) is 0 Å². The number of aromatic nitrogens is 1. The van der Waals surface area contributed by atoms with Crippen molar-refractivity contribution in [1.82, 2.24) is 4.98 Å². The smallest absolute Gasteiger partial charge is 0.195 e. The summed E-state index contributed by atoms with van der Waals surface area (Å²) in [5, 5.41) is 0.601. The summed E-state index contributed by atoms with van der Waals surface area (Å²) in [4.78, 5) is 16.7. The minimum atomic E-state index is 0.0306. The van der Waals surface area contributed by atoms with Gasteiger partial charge in [0.15, 0.2) is 5.78 Å². The van der Waals surface area contributed by atoms with E-state index in [1.54, 1.807) is 18.3 Å². The number of nitrogens with zero attached hydrogens (tertiary/aromatic N) is 1. The number of fused-ring (bicyclic) bond motifs is 2. The summed E-state index contributed by atoms with van der Waals surface area (Å²) in [5.74, 6) is 0.0306. The van der Waals surface area contributed by atoms with Gasteiger partial charge in [-0.25, -0.2) is 0 Å². The minimum Gasteiger partial charge on any atom is -0.289 e. The van der Waals surface area contributed by atoms with Crippen LogP contribution in [0.25, 0.3) is 0 Å². The maximum Gasteiger partial charge on any atom is 0.195 e.